The Bertz CT molecular complexity index is 645. The zero-order valence-electron chi connectivity index (χ0n) is 13.3. The third-order valence-electron chi connectivity index (χ3n) is 4.46. The van der Waals surface area contributed by atoms with E-state index in [0.717, 1.165) is 17.3 Å². The van der Waals surface area contributed by atoms with Crippen molar-refractivity contribution in [3.05, 3.63) is 36.7 Å². The molecule has 1 aromatic carbocycles. The first-order valence-electron chi connectivity index (χ1n) is 8.57. The first-order chi connectivity index (χ1) is 11.4. The molecule has 5 nitrogen and oxygen atoms in total. The molecule has 2 aromatic rings. The van der Waals surface area contributed by atoms with E-state index in [0.29, 0.717) is 6.04 Å². The van der Waals surface area contributed by atoms with Gasteiger partial charge in [0.1, 0.15) is 18.0 Å². The number of benzene rings is 1. The van der Waals surface area contributed by atoms with E-state index in [4.69, 9.17) is 0 Å². The Labute approximate surface area is 137 Å². The normalized spacial score (nSPS) is 17.8. The van der Waals surface area contributed by atoms with Crippen LogP contribution >= 0.6 is 0 Å². The van der Waals surface area contributed by atoms with E-state index in [2.05, 4.69) is 49.8 Å². The van der Waals surface area contributed by atoms with Crippen LogP contribution in [0.25, 0.3) is 0 Å². The number of hydrogen-bond acceptors (Lipinski definition) is 5. The molecule has 23 heavy (non-hydrogen) atoms. The topological polar surface area (TPSA) is 53.1 Å². The summed E-state index contributed by atoms with van der Waals surface area (Å²) in [4.78, 5) is 11.0. The predicted molar refractivity (Wildman–Crippen MR) is 94.5 cm³/mol. The summed E-state index contributed by atoms with van der Waals surface area (Å²) >= 11 is 0. The molecule has 2 N–H and O–H groups in total. The summed E-state index contributed by atoms with van der Waals surface area (Å²) in [6.07, 6.45) is 8.06. The lowest BCUT2D eigenvalue weighted by Gasteiger charge is -2.28. The third-order valence-corrected chi connectivity index (χ3v) is 4.46. The molecule has 5 heteroatoms. The number of aromatic nitrogens is 2. The third kappa shape index (κ3) is 3.73. The summed E-state index contributed by atoms with van der Waals surface area (Å²) in [5, 5.41) is 6.75. The maximum Gasteiger partial charge on any atom is 0.135 e. The molecule has 0 radical (unpaired) electrons. The molecule has 2 fully saturated rings. The average Bonchev–Trinajstić information content (AvgIpc) is 3.41. The molecule has 1 saturated carbocycles. The van der Waals surface area contributed by atoms with Gasteiger partial charge in [0.05, 0.1) is 0 Å². The first kappa shape index (κ1) is 14.3. The molecule has 0 unspecified atom stereocenters. The Hall–Kier alpha value is -2.30. The monoisotopic (exact) mass is 309 g/mol. The second kappa shape index (κ2) is 6.44. The van der Waals surface area contributed by atoms with Gasteiger partial charge in [-0.05, 0) is 56.4 Å². The van der Waals surface area contributed by atoms with Crippen LogP contribution in [0.4, 0.5) is 23.0 Å². The van der Waals surface area contributed by atoms with Crippen molar-refractivity contribution in [1.29, 1.82) is 0 Å². The molecule has 2 heterocycles. The van der Waals surface area contributed by atoms with Crippen molar-refractivity contribution < 1.29 is 0 Å². The van der Waals surface area contributed by atoms with Crippen molar-refractivity contribution in [3.63, 3.8) is 0 Å². The van der Waals surface area contributed by atoms with Crippen LogP contribution in [0.2, 0.25) is 0 Å². The number of piperidine rings is 1. The molecule has 2 aliphatic rings. The number of nitrogens with zero attached hydrogens (tertiary/aromatic N) is 3. The first-order valence-corrected chi connectivity index (χ1v) is 8.57. The van der Waals surface area contributed by atoms with Crippen LogP contribution in [-0.2, 0) is 0 Å². The summed E-state index contributed by atoms with van der Waals surface area (Å²) in [7, 11) is 0. The van der Waals surface area contributed by atoms with E-state index in [9.17, 15) is 0 Å². The van der Waals surface area contributed by atoms with Gasteiger partial charge in [0, 0.05) is 36.6 Å². The van der Waals surface area contributed by atoms with Crippen molar-refractivity contribution in [2.24, 2.45) is 0 Å². The summed E-state index contributed by atoms with van der Waals surface area (Å²) in [6.45, 7) is 2.35. The standard InChI is InChI=1S/C18H23N5/c1-2-10-23(11-3-1)16-8-6-15(7-9-16)22-18-12-17(19-13-20-18)21-14-4-5-14/h6-9,12-14H,1-5,10-11H2,(H2,19,20,21,22). The maximum absolute atomic E-state index is 4.30. The van der Waals surface area contributed by atoms with Gasteiger partial charge < -0.3 is 15.5 Å². The van der Waals surface area contributed by atoms with E-state index < -0.39 is 0 Å². The van der Waals surface area contributed by atoms with Crippen LogP contribution in [-0.4, -0.2) is 29.1 Å². The van der Waals surface area contributed by atoms with Gasteiger partial charge in [-0.25, -0.2) is 9.97 Å². The molecular weight excluding hydrogens is 286 g/mol. The highest BCUT2D eigenvalue weighted by molar-refractivity contribution is 5.62. The van der Waals surface area contributed by atoms with E-state index in [-0.39, 0.29) is 0 Å². The van der Waals surface area contributed by atoms with Gasteiger partial charge in [-0.3, -0.25) is 0 Å². The van der Waals surface area contributed by atoms with Gasteiger partial charge in [-0.15, -0.1) is 0 Å². The van der Waals surface area contributed by atoms with Crippen LogP contribution in [0, 0.1) is 0 Å². The molecule has 1 saturated heterocycles. The summed E-state index contributed by atoms with van der Waals surface area (Å²) in [5.41, 5.74) is 2.37. The zero-order valence-corrected chi connectivity index (χ0v) is 13.3. The lowest BCUT2D eigenvalue weighted by Crippen LogP contribution is -2.29. The summed E-state index contributed by atoms with van der Waals surface area (Å²) in [5.74, 6) is 1.73. The smallest absolute Gasteiger partial charge is 0.135 e. The molecule has 0 bridgehead atoms. The summed E-state index contributed by atoms with van der Waals surface area (Å²) in [6, 6.07) is 11.2. The van der Waals surface area contributed by atoms with E-state index in [1.807, 2.05) is 6.07 Å². The Kier molecular flexibility index (Phi) is 4.01. The van der Waals surface area contributed by atoms with Crippen LogP contribution < -0.4 is 15.5 Å². The number of anilines is 4. The fourth-order valence-electron chi connectivity index (χ4n) is 3.00. The number of hydrogen-bond donors (Lipinski definition) is 2. The van der Waals surface area contributed by atoms with Gasteiger partial charge in [0.2, 0.25) is 0 Å². The molecular formula is C18H23N5. The van der Waals surface area contributed by atoms with Gasteiger partial charge in [0.25, 0.3) is 0 Å². The van der Waals surface area contributed by atoms with Crippen LogP contribution in [0.1, 0.15) is 32.1 Å². The minimum atomic E-state index is 0.599. The molecule has 4 rings (SSSR count). The number of rotatable bonds is 5. The minimum Gasteiger partial charge on any atom is -0.372 e. The van der Waals surface area contributed by atoms with E-state index in [1.54, 1.807) is 6.33 Å². The highest BCUT2D eigenvalue weighted by Crippen LogP contribution is 2.26. The van der Waals surface area contributed by atoms with Crippen molar-refractivity contribution >= 4 is 23.0 Å². The highest BCUT2D eigenvalue weighted by Gasteiger charge is 2.21. The zero-order chi connectivity index (χ0) is 15.5. The molecule has 0 atom stereocenters. The van der Waals surface area contributed by atoms with E-state index >= 15 is 0 Å². The van der Waals surface area contributed by atoms with Crippen LogP contribution in [0.5, 0.6) is 0 Å². The van der Waals surface area contributed by atoms with E-state index in [1.165, 1.54) is 50.9 Å². The Morgan fingerprint density at radius 2 is 1.65 bits per heavy atom. The lowest BCUT2D eigenvalue weighted by molar-refractivity contribution is 0.578. The Morgan fingerprint density at radius 1 is 0.913 bits per heavy atom. The van der Waals surface area contributed by atoms with Crippen molar-refractivity contribution in [2.45, 2.75) is 38.1 Å². The summed E-state index contributed by atoms with van der Waals surface area (Å²) < 4.78 is 0. The van der Waals surface area contributed by atoms with Gasteiger partial charge in [0.15, 0.2) is 0 Å². The predicted octanol–water partition coefficient (Wildman–Crippen LogP) is 3.78. The van der Waals surface area contributed by atoms with Crippen molar-refractivity contribution in [3.8, 4) is 0 Å². The molecule has 1 aliphatic carbocycles. The molecule has 0 amide bonds. The van der Waals surface area contributed by atoms with Gasteiger partial charge in [-0.1, -0.05) is 0 Å². The fraction of sp³-hybridized carbons (Fsp3) is 0.444. The second-order valence-corrected chi connectivity index (χ2v) is 6.43. The van der Waals surface area contributed by atoms with Crippen molar-refractivity contribution in [1.82, 2.24) is 9.97 Å². The maximum atomic E-state index is 4.30. The Morgan fingerprint density at radius 3 is 2.39 bits per heavy atom. The van der Waals surface area contributed by atoms with Gasteiger partial charge in [-0.2, -0.15) is 0 Å². The molecule has 0 spiro atoms. The largest absolute Gasteiger partial charge is 0.372 e. The average molecular weight is 309 g/mol. The van der Waals surface area contributed by atoms with Crippen LogP contribution in [0.15, 0.2) is 36.7 Å². The quantitative estimate of drug-likeness (QED) is 0.880. The fourth-order valence-corrected chi connectivity index (χ4v) is 3.00. The van der Waals surface area contributed by atoms with Crippen molar-refractivity contribution in [2.75, 3.05) is 28.6 Å². The molecule has 120 valence electrons. The SMILES string of the molecule is c1nc(Nc2ccc(N3CCCCC3)cc2)cc(NC2CC2)n1. The Balaban J connectivity index is 1.41. The molecule has 1 aliphatic heterocycles. The van der Waals surface area contributed by atoms with Gasteiger partial charge >= 0.3 is 0 Å². The van der Waals surface area contributed by atoms with Crippen LogP contribution in [0.3, 0.4) is 0 Å². The lowest BCUT2D eigenvalue weighted by atomic mass is 10.1. The second-order valence-electron chi connectivity index (χ2n) is 6.43. The minimum absolute atomic E-state index is 0.599. The molecule has 1 aromatic heterocycles. The number of nitrogens with one attached hydrogen (secondary N) is 2. The highest BCUT2D eigenvalue weighted by atomic mass is 15.1.